The molecule has 0 bridgehead atoms. The number of thiazole rings is 1. The maximum absolute atomic E-state index is 12.2. The van der Waals surface area contributed by atoms with Gasteiger partial charge in [0, 0.05) is 29.1 Å². The van der Waals surface area contributed by atoms with E-state index >= 15 is 0 Å². The van der Waals surface area contributed by atoms with Crippen molar-refractivity contribution in [1.82, 2.24) is 10.3 Å². The molecule has 0 saturated heterocycles. The number of rotatable bonds is 6. The first-order valence-electron chi connectivity index (χ1n) is 8.58. The predicted molar refractivity (Wildman–Crippen MR) is 104 cm³/mol. The maximum atomic E-state index is 12.2. The first-order valence-corrected chi connectivity index (χ1v) is 9.46. The number of carbonyl (C=O) groups is 2. The van der Waals surface area contributed by atoms with Crippen LogP contribution in [0.1, 0.15) is 44.8 Å². The van der Waals surface area contributed by atoms with E-state index < -0.39 is 0 Å². The molecule has 6 nitrogen and oxygen atoms in total. The highest BCUT2D eigenvalue weighted by Gasteiger charge is 2.19. The summed E-state index contributed by atoms with van der Waals surface area (Å²) in [4.78, 5) is 28.4. The molecule has 1 aromatic carbocycles. The number of anilines is 1. The lowest BCUT2D eigenvalue weighted by Gasteiger charge is -2.13. The van der Waals surface area contributed by atoms with Crippen molar-refractivity contribution in [2.45, 2.75) is 46.0 Å². The Balaban J connectivity index is 1.93. The summed E-state index contributed by atoms with van der Waals surface area (Å²) in [5, 5.41) is 8.31. The number of hydrogen-bond acceptors (Lipinski definition) is 5. The SMILES string of the molecule is CCCNC(=O)Nc1cccc(OC(=O)Cc2csc(C(C)(C)C)n2)c1. The fourth-order valence-electron chi connectivity index (χ4n) is 2.10. The molecule has 0 aliphatic carbocycles. The third kappa shape index (κ3) is 6.15. The van der Waals surface area contributed by atoms with Crippen molar-refractivity contribution in [3.05, 3.63) is 40.3 Å². The molecule has 1 aromatic heterocycles. The molecule has 2 rings (SSSR count). The summed E-state index contributed by atoms with van der Waals surface area (Å²) in [5.74, 6) is -0.00194. The zero-order chi connectivity index (χ0) is 19.2. The Morgan fingerprint density at radius 3 is 2.69 bits per heavy atom. The van der Waals surface area contributed by atoms with Crippen molar-refractivity contribution >= 4 is 29.0 Å². The molecule has 2 amide bonds. The highest BCUT2D eigenvalue weighted by atomic mass is 32.1. The Morgan fingerprint density at radius 2 is 2.04 bits per heavy atom. The zero-order valence-corrected chi connectivity index (χ0v) is 16.4. The molecule has 0 aliphatic rings. The number of hydrogen-bond donors (Lipinski definition) is 2. The van der Waals surface area contributed by atoms with Crippen LogP contribution in [0.2, 0.25) is 0 Å². The Morgan fingerprint density at radius 1 is 1.27 bits per heavy atom. The second-order valence-electron chi connectivity index (χ2n) is 6.95. The Labute approximate surface area is 158 Å². The van der Waals surface area contributed by atoms with E-state index in [-0.39, 0.29) is 23.8 Å². The van der Waals surface area contributed by atoms with Crippen LogP contribution in [0.25, 0.3) is 0 Å². The van der Waals surface area contributed by atoms with Crippen LogP contribution in [0.5, 0.6) is 5.75 Å². The number of esters is 1. The van der Waals surface area contributed by atoms with Gasteiger partial charge in [-0.2, -0.15) is 0 Å². The molecule has 0 aliphatic heterocycles. The largest absolute Gasteiger partial charge is 0.426 e. The van der Waals surface area contributed by atoms with Gasteiger partial charge in [-0.3, -0.25) is 4.79 Å². The lowest BCUT2D eigenvalue weighted by molar-refractivity contribution is -0.133. The van der Waals surface area contributed by atoms with Crippen LogP contribution < -0.4 is 15.4 Å². The monoisotopic (exact) mass is 375 g/mol. The average Bonchev–Trinajstić information content (AvgIpc) is 3.01. The van der Waals surface area contributed by atoms with Crippen LogP contribution in [0.3, 0.4) is 0 Å². The van der Waals surface area contributed by atoms with E-state index in [1.54, 1.807) is 35.6 Å². The van der Waals surface area contributed by atoms with E-state index in [1.165, 1.54) is 0 Å². The molecule has 7 heteroatoms. The smallest absolute Gasteiger partial charge is 0.319 e. The number of nitrogens with zero attached hydrogens (tertiary/aromatic N) is 1. The van der Waals surface area contributed by atoms with Crippen LogP contribution in [0, 0.1) is 0 Å². The number of benzene rings is 1. The van der Waals surface area contributed by atoms with Crippen molar-refractivity contribution in [3.8, 4) is 5.75 Å². The number of urea groups is 1. The second-order valence-corrected chi connectivity index (χ2v) is 7.81. The van der Waals surface area contributed by atoms with Gasteiger partial charge in [-0.1, -0.05) is 33.8 Å². The van der Waals surface area contributed by atoms with Crippen LogP contribution in [0.4, 0.5) is 10.5 Å². The first-order chi connectivity index (χ1) is 12.3. The van der Waals surface area contributed by atoms with Crippen molar-refractivity contribution in [2.75, 3.05) is 11.9 Å². The van der Waals surface area contributed by atoms with Crippen molar-refractivity contribution in [3.63, 3.8) is 0 Å². The van der Waals surface area contributed by atoms with Gasteiger partial charge in [0.25, 0.3) is 0 Å². The van der Waals surface area contributed by atoms with E-state index in [0.717, 1.165) is 11.4 Å². The van der Waals surface area contributed by atoms with E-state index in [0.29, 0.717) is 23.7 Å². The van der Waals surface area contributed by atoms with Crippen LogP contribution in [-0.2, 0) is 16.6 Å². The molecule has 0 fully saturated rings. The molecule has 2 N–H and O–H groups in total. The van der Waals surface area contributed by atoms with Crippen LogP contribution in [0.15, 0.2) is 29.6 Å². The fourth-order valence-corrected chi connectivity index (χ4v) is 3.01. The molecule has 1 heterocycles. The summed E-state index contributed by atoms with van der Waals surface area (Å²) in [5.41, 5.74) is 1.23. The van der Waals surface area contributed by atoms with Crippen LogP contribution in [-0.4, -0.2) is 23.5 Å². The van der Waals surface area contributed by atoms with E-state index in [1.807, 2.05) is 12.3 Å². The number of ether oxygens (including phenoxy) is 1. The van der Waals surface area contributed by atoms with Gasteiger partial charge in [-0.05, 0) is 18.6 Å². The third-order valence-corrected chi connectivity index (χ3v) is 4.69. The molecule has 2 aromatic rings. The maximum Gasteiger partial charge on any atom is 0.319 e. The van der Waals surface area contributed by atoms with E-state index in [4.69, 9.17) is 4.74 Å². The lowest BCUT2D eigenvalue weighted by atomic mass is 9.98. The van der Waals surface area contributed by atoms with Gasteiger partial charge in [0.1, 0.15) is 5.75 Å². The molecule has 26 heavy (non-hydrogen) atoms. The number of aromatic nitrogens is 1. The molecule has 0 saturated carbocycles. The molecule has 0 spiro atoms. The van der Waals surface area contributed by atoms with Gasteiger partial charge in [-0.15, -0.1) is 11.3 Å². The summed E-state index contributed by atoms with van der Waals surface area (Å²) >= 11 is 1.55. The topological polar surface area (TPSA) is 80.3 Å². The van der Waals surface area contributed by atoms with Gasteiger partial charge < -0.3 is 15.4 Å². The van der Waals surface area contributed by atoms with Gasteiger partial charge in [0.15, 0.2) is 0 Å². The number of nitrogens with one attached hydrogen (secondary N) is 2. The highest BCUT2D eigenvalue weighted by Crippen LogP contribution is 2.26. The first kappa shape index (κ1) is 19.9. The van der Waals surface area contributed by atoms with E-state index in [9.17, 15) is 9.59 Å². The summed E-state index contributed by atoms with van der Waals surface area (Å²) in [6, 6.07) is 6.46. The summed E-state index contributed by atoms with van der Waals surface area (Å²) in [7, 11) is 0. The summed E-state index contributed by atoms with van der Waals surface area (Å²) in [6.07, 6.45) is 0.972. The number of amides is 2. The van der Waals surface area contributed by atoms with Crippen molar-refractivity contribution < 1.29 is 14.3 Å². The summed E-state index contributed by atoms with van der Waals surface area (Å²) in [6.45, 7) is 8.84. The van der Waals surface area contributed by atoms with E-state index in [2.05, 4.69) is 36.4 Å². The third-order valence-electron chi connectivity index (χ3n) is 3.38. The Hall–Kier alpha value is -2.41. The minimum absolute atomic E-state index is 0.0365. The van der Waals surface area contributed by atoms with Gasteiger partial charge in [0.2, 0.25) is 0 Å². The molecule has 0 atom stereocenters. The average molecular weight is 375 g/mol. The Bertz CT molecular complexity index is 765. The normalized spacial score (nSPS) is 11.1. The van der Waals surface area contributed by atoms with Gasteiger partial charge in [0.05, 0.1) is 17.1 Å². The fraction of sp³-hybridized carbons (Fsp3) is 0.421. The second kappa shape index (κ2) is 8.80. The zero-order valence-electron chi connectivity index (χ0n) is 15.6. The van der Waals surface area contributed by atoms with Crippen molar-refractivity contribution in [2.24, 2.45) is 0 Å². The standard InChI is InChI=1S/C19H25N3O3S/c1-5-9-20-18(24)22-13-7-6-8-15(10-13)25-16(23)11-14-12-26-17(21-14)19(2,3)4/h6-8,10,12H,5,9,11H2,1-4H3,(H2,20,22,24). The molecule has 0 radical (unpaired) electrons. The summed E-state index contributed by atoms with van der Waals surface area (Å²) < 4.78 is 5.37. The quantitative estimate of drug-likeness (QED) is 0.588. The minimum atomic E-state index is -0.386. The predicted octanol–water partition coefficient (Wildman–Crippen LogP) is 4.12. The Kier molecular flexibility index (Phi) is 6.74. The van der Waals surface area contributed by atoms with Crippen molar-refractivity contribution in [1.29, 1.82) is 0 Å². The lowest BCUT2D eigenvalue weighted by Crippen LogP contribution is -2.29. The van der Waals surface area contributed by atoms with Crippen LogP contribution >= 0.6 is 11.3 Å². The molecule has 0 unspecified atom stereocenters. The van der Waals surface area contributed by atoms with Gasteiger partial charge >= 0.3 is 12.0 Å². The molecular weight excluding hydrogens is 350 g/mol. The highest BCUT2D eigenvalue weighted by molar-refractivity contribution is 7.09. The van der Waals surface area contributed by atoms with Gasteiger partial charge in [-0.25, -0.2) is 9.78 Å². The molecule has 140 valence electrons. The number of carbonyl (C=O) groups excluding carboxylic acids is 2. The molecular formula is C19H25N3O3S. The minimum Gasteiger partial charge on any atom is -0.426 e.